The molecule has 1 atom stereocenters. The summed E-state index contributed by atoms with van der Waals surface area (Å²) in [7, 11) is -3.53. The molecule has 2 rings (SSSR count). The van der Waals surface area contributed by atoms with Crippen LogP contribution in [0.4, 0.5) is 0 Å². The van der Waals surface area contributed by atoms with Crippen molar-refractivity contribution < 1.29 is 8.42 Å². The van der Waals surface area contributed by atoms with Gasteiger partial charge in [-0.1, -0.05) is 6.07 Å². The van der Waals surface area contributed by atoms with Crippen molar-refractivity contribution in [1.82, 2.24) is 9.71 Å². The fourth-order valence-electron chi connectivity index (χ4n) is 1.60. The minimum absolute atomic E-state index is 0.251. The summed E-state index contributed by atoms with van der Waals surface area (Å²) in [6, 6.07) is 6.61. The van der Waals surface area contributed by atoms with Gasteiger partial charge in [0.1, 0.15) is 0 Å². The Morgan fingerprint density at radius 2 is 2.26 bits per heavy atom. The topological polar surface area (TPSA) is 85.1 Å². The number of pyridine rings is 1. The highest BCUT2D eigenvalue weighted by Crippen LogP contribution is 2.20. The number of hydrogen-bond acceptors (Lipinski definition) is 5. The predicted octanol–water partition coefficient (Wildman–Crippen LogP) is 1.64. The maximum atomic E-state index is 12.2. The zero-order valence-corrected chi connectivity index (χ0v) is 12.0. The lowest BCUT2D eigenvalue weighted by Crippen LogP contribution is -2.27. The number of nitrogens with zero attached hydrogens (tertiary/aromatic N) is 1. The van der Waals surface area contributed by atoms with Crippen LogP contribution in [0.15, 0.2) is 40.7 Å². The van der Waals surface area contributed by atoms with Crippen LogP contribution in [0.25, 0.3) is 0 Å². The van der Waals surface area contributed by atoms with Gasteiger partial charge >= 0.3 is 0 Å². The van der Waals surface area contributed by atoms with E-state index in [1.807, 2.05) is 6.07 Å². The predicted molar refractivity (Wildman–Crippen MR) is 75.2 cm³/mol. The maximum absolute atomic E-state index is 12.2. The molecule has 0 aliphatic carbocycles. The molecular weight excluding hydrogens is 282 g/mol. The van der Waals surface area contributed by atoms with Gasteiger partial charge in [0.15, 0.2) is 0 Å². The third-order valence-corrected chi connectivity index (χ3v) is 5.23. The number of thiophene rings is 1. The summed E-state index contributed by atoms with van der Waals surface area (Å²) < 4.78 is 26.9. The quantitative estimate of drug-likeness (QED) is 0.878. The van der Waals surface area contributed by atoms with Gasteiger partial charge in [0.2, 0.25) is 10.0 Å². The molecular formula is C12H15N3O2S2. The van der Waals surface area contributed by atoms with Crippen molar-refractivity contribution in [2.75, 3.05) is 0 Å². The lowest BCUT2D eigenvalue weighted by molar-refractivity contribution is 0.564. The van der Waals surface area contributed by atoms with Gasteiger partial charge in [-0.05, 0) is 25.1 Å². The van der Waals surface area contributed by atoms with E-state index >= 15 is 0 Å². The Morgan fingerprint density at radius 3 is 2.84 bits per heavy atom. The van der Waals surface area contributed by atoms with E-state index in [4.69, 9.17) is 5.73 Å². The molecule has 0 spiro atoms. The van der Waals surface area contributed by atoms with E-state index in [1.54, 1.807) is 36.7 Å². The normalized spacial score (nSPS) is 13.4. The van der Waals surface area contributed by atoms with Crippen molar-refractivity contribution in [1.29, 1.82) is 0 Å². The van der Waals surface area contributed by atoms with Crippen molar-refractivity contribution in [2.24, 2.45) is 5.73 Å². The van der Waals surface area contributed by atoms with Crippen LogP contribution in [-0.4, -0.2) is 13.4 Å². The Hall–Kier alpha value is -1.28. The van der Waals surface area contributed by atoms with Gasteiger partial charge in [-0.25, -0.2) is 13.1 Å². The van der Waals surface area contributed by atoms with Crippen molar-refractivity contribution in [3.8, 4) is 0 Å². The van der Waals surface area contributed by atoms with Crippen molar-refractivity contribution >= 4 is 21.4 Å². The molecule has 0 fully saturated rings. The van der Waals surface area contributed by atoms with E-state index in [0.29, 0.717) is 12.2 Å². The number of rotatable bonds is 5. The van der Waals surface area contributed by atoms with Crippen LogP contribution >= 0.6 is 11.3 Å². The second-order valence-electron chi connectivity index (χ2n) is 4.05. The average molecular weight is 297 g/mol. The summed E-state index contributed by atoms with van der Waals surface area (Å²) in [5, 5.41) is 1.59. The molecule has 0 aromatic carbocycles. The first kappa shape index (κ1) is 14.1. The molecule has 0 aliphatic heterocycles. The molecule has 102 valence electrons. The number of nitrogens with two attached hydrogens (primary N) is 1. The molecule has 1 unspecified atom stereocenters. The summed E-state index contributed by atoms with van der Waals surface area (Å²) in [6.45, 7) is 2.10. The van der Waals surface area contributed by atoms with E-state index in [-0.39, 0.29) is 10.9 Å². The highest BCUT2D eigenvalue weighted by Gasteiger charge is 2.20. The number of nitrogens with one attached hydrogen (secondary N) is 1. The molecule has 7 heteroatoms. The molecule has 0 bridgehead atoms. The van der Waals surface area contributed by atoms with Crippen LogP contribution < -0.4 is 10.5 Å². The fourth-order valence-corrected chi connectivity index (χ4v) is 3.97. The lowest BCUT2D eigenvalue weighted by Gasteiger charge is -2.12. The standard InChI is InChI=1S/C12H15N3O2S2/c1-9(12-4-2-3-5-14-12)15-19(16,17)11-6-10(7-13)18-8-11/h2-6,8-9,15H,7,13H2,1H3. The summed E-state index contributed by atoms with van der Waals surface area (Å²) in [6.07, 6.45) is 1.64. The largest absolute Gasteiger partial charge is 0.326 e. The van der Waals surface area contributed by atoms with E-state index in [0.717, 1.165) is 4.88 Å². The summed E-state index contributed by atoms with van der Waals surface area (Å²) in [4.78, 5) is 5.22. The fraction of sp³-hybridized carbons (Fsp3) is 0.250. The van der Waals surface area contributed by atoms with Crippen molar-refractivity contribution in [3.63, 3.8) is 0 Å². The molecule has 3 N–H and O–H groups in total. The van der Waals surface area contributed by atoms with Gasteiger partial charge < -0.3 is 5.73 Å². The molecule has 0 amide bonds. The van der Waals surface area contributed by atoms with Gasteiger partial charge in [0.05, 0.1) is 16.6 Å². The second kappa shape index (κ2) is 5.79. The first-order valence-corrected chi connectivity index (χ1v) is 8.10. The zero-order chi connectivity index (χ0) is 13.9. The highest BCUT2D eigenvalue weighted by atomic mass is 32.2. The van der Waals surface area contributed by atoms with Gasteiger partial charge in [0.25, 0.3) is 0 Å². The molecule has 0 aliphatic rings. The minimum Gasteiger partial charge on any atom is -0.326 e. The molecule has 0 saturated heterocycles. The highest BCUT2D eigenvalue weighted by molar-refractivity contribution is 7.89. The summed E-state index contributed by atoms with van der Waals surface area (Å²) in [5.74, 6) is 0. The Balaban J connectivity index is 2.17. The van der Waals surface area contributed by atoms with Crippen molar-refractivity contribution in [3.05, 3.63) is 46.4 Å². The Morgan fingerprint density at radius 1 is 1.47 bits per heavy atom. The van der Waals surface area contributed by atoms with E-state index in [2.05, 4.69) is 9.71 Å². The van der Waals surface area contributed by atoms with Gasteiger partial charge in [0, 0.05) is 23.0 Å². The van der Waals surface area contributed by atoms with Gasteiger partial charge in [-0.2, -0.15) is 0 Å². The van der Waals surface area contributed by atoms with Crippen LogP contribution in [0.1, 0.15) is 23.5 Å². The Kier molecular flexibility index (Phi) is 4.31. The smallest absolute Gasteiger partial charge is 0.242 e. The lowest BCUT2D eigenvalue weighted by atomic mass is 10.2. The zero-order valence-electron chi connectivity index (χ0n) is 10.4. The monoisotopic (exact) mass is 297 g/mol. The SMILES string of the molecule is CC(NS(=O)(=O)c1csc(CN)c1)c1ccccn1. The third kappa shape index (κ3) is 3.38. The summed E-state index contributed by atoms with van der Waals surface area (Å²) >= 11 is 1.34. The average Bonchev–Trinajstić information content (AvgIpc) is 2.89. The van der Waals surface area contributed by atoms with Crippen LogP contribution in [0.3, 0.4) is 0 Å². The first-order valence-electron chi connectivity index (χ1n) is 5.73. The second-order valence-corrected chi connectivity index (χ2v) is 6.76. The molecule has 0 saturated carbocycles. The van der Waals surface area contributed by atoms with Gasteiger partial charge in [-0.3, -0.25) is 4.98 Å². The molecule has 19 heavy (non-hydrogen) atoms. The molecule has 2 aromatic heterocycles. The van der Waals surface area contributed by atoms with E-state index in [9.17, 15) is 8.42 Å². The molecule has 2 aromatic rings. The van der Waals surface area contributed by atoms with Crippen molar-refractivity contribution in [2.45, 2.75) is 24.4 Å². The third-order valence-electron chi connectivity index (χ3n) is 2.60. The summed E-state index contributed by atoms with van der Waals surface area (Å²) in [5.41, 5.74) is 6.16. The van der Waals surface area contributed by atoms with E-state index < -0.39 is 10.0 Å². The minimum atomic E-state index is -3.53. The van der Waals surface area contributed by atoms with Crippen LogP contribution in [0.2, 0.25) is 0 Å². The maximum Gasteiger partial charge on any atom is 0.242 e. The number of aromatic nitrogens is 1. The number of hydrogen-bond donors (Lipinski definition) is 2. The Labute approximate surface area is 116 Å². The Bertz CT molecular complexity index is 638. The van der Waals surface area contributed by atoms with Crippen LogP contribution in [0.5, 0.6) is 0 Å². The van der Waals surface area contributed by atoms with Crippen LogP contribution in [-0.2, 0) is 16.6 Å². The molecule has 5 nitrogen and oxygen atoms in total. The molecule has 2 heterocycles. The van der Waals surface area contributed by atoms with Crippen LogP contribution in [0, 0.1) is 0 Å². The molecule has 0 radical (unpaired) electrons. The first-order chi connectivity index (χ1) is 9.03. The van der Waals surface area contributed by atoms with E-state index in [1.165, 1.54) is 11.3 Å². The van der Waals surface area contributed by atoms with Gasteiger partial charge in [-0.15, -0.1) is 11.3 Å². The number of sulfonamides is 1.